The summed E-state index contributed by atoms with van der Waals surface area (Å²) in [4.78, 5) is -0.0430. The predicted molar refractivity (Wildman–Crippen MR) is 109 cm³/mol. The Morgan fingerprint density at radius 1 is 1.14 bits per heavy atom. The number of ether oxygens (including phenoxy) is 1. The summed E-state index contributed by atoms with van der Waals surface area (Å²) in [7, 11) is -2.60. The lowest BCUT2D eigenvalue weighted by molar-refractivity contribution is 0.340. The molecule has 0 spiro atoms. The quantitative estimate of drug-likeness (QED) is 0.538. The van der Waals surface area contributed by atoms with Crippen LogP contribution in [0.25, 0.3) is 5.57 Å². The average molecular weight is 412 g/mol. The first-order chi connectivity index (χ1) is 13.5. The molecule has 6 nitrogen and oxygen atoms in total. The molecule has 0 aromatic heterocycles. The minimum atomic E-state index is -4.09. The van der Waals surface area contributed by atoms with Crippen LogP contribution in [0, 0.1) is 18.3 Å². The third-order valence-electron chi connectivity index (χ3n) is 4.01. The molecular formula is C20H16N2O4S2. The fraction of sp³-hybridized carbons (Fsp3) is 0.100. The molecule has 0 amide bonds. The van der Waals surface area contributed by atoms with Crippen LogP contribution in [-0.4, -0.2) is 20.6 Å². The first-order valence-electron chi connectivity index (χ1n) is 8.16. The molecule has 0 saturated heterocycles. The van der Waals surface area contributed by atoms with E-state index in [1.165, 1.54) is 43.1 Å². The topological polar surface area (TPSA) is 88.8 Å². The summed E-state index contributed by atoms with van der Waals surface area (Å²) < 4.78 is 34.7. The maximum Gasteiger partial charge on any atom is 0.358 e. The molecule has 0 unspecified atom stereocenters. The molecule has 1 heterocycles. The molecule has 8 heteroatoms. The van der Waals surface area contributed by atoms with Gasteiger partial charge in [0, 0.05) is 5.57 Å². The van der Waals surface area contributed by atoms with Crippen LogP contribution >= 0.6 is 11.8 Å². The van der Waals surface area contributed by atoms with Gasteiger partial charge >= 0.3 is 10.1 Å². The fourth-order valence-electron chi connectivity index (χ4n) is 2.55. The molecule has 0 atom stereocenters. The van der Waals surface area contributed by atoms with Gasteiger partial charge in [-0.25, -0.2) is 0 Å². The number of thioether (sulfide) groups is 1. The van der Waals surface area contributed by atoms with Crippen LogP contribution in [0.4, 0.5) is 0 Å². The van der Waals surface area contributed by atoms with Crippen molar-refractivity contribution in [1.29, 1.82) is 5.26 Å². The summed E-state index contributed by atoms with van der Waals surface area (Å²) in [6, 6.07) is 15.4. The van der Waals surface area contributed by atoms with Crippen LogP contribution in [-0.2, 0) is 14.4 Å². The second-order valence-electron chi connectivity index (χ2n) is 5.74. The summed E-state index contributed by atoms with van der Waals surface area (Å²) >= 11 is 1.19. The third-order valence-corrected chi connectivity index (χ3v) is 5.92. The summed E-state index contributed by atoms with van der Waals surface area (Å²) in [6.45, 7) is 1.90. The Hall–Kier alpha value is -3.02. The normalized spacial score (nSPS) is 16.7. The van der Waals surface area contributed by atoms with Crippen molar-refractivity contribution in [2.75, 3.05) is 7.11 Å². The Morgan fingerprint density at radius 2 is 1.86 bits per heavy atom. The number of nitriles is 1. The molecule has 1 aliphatic heterocycles. The molecule has 0 bridgehead atoms. The number of oxime groups is 1. The van der Waals surface area contributed by atoms with Gasteiger partial charge in [-0.2, -0.15) is 13.7 Å². The maximum absolute atomic E-state index is 12.4. The van der Waals surface area contributed by atoms with E-state index >= 15 is 0 Å². The number of benzene rings is 2. The predicted octanol–water partition coefficient (Wildman–Crippen LogP) is 4.26. The highest BCUT2D eigenvalue weighted by molar-refractivity contribution is 8.17. The van der Waals surface area contributed by atoms with E-state index in [1.807, 2.05) is 31.2 Å². The standard InChI is InChI=1S/C20H16N2O4S2/c1-14-5-3-4-6-17(14)19(13-21)18-11-12-27-20(18)22-26-28(23,24)16-9-7-15(25-2)8-10-16/h3-12H,1-2H3/b19-18+,22-20-. The molecule has 3 rings (SSSR count). The Morgan fingerprint density at radius 3 is 2.50 bits per heavy atom. The van der Waals surface area contributed by atoms with E-state index in [0.717, 1.165) is 11.1 Å². The smallest absolute Gasteiger partial charge is 0.358 e. The maximum atomic E-state index is 12.4. The van der Waals surface area contributed by atoms with Crippen molar-refractivity contribution in [1.82, 2.24) is 0 Å². The lowest BCUT2D eigenvalue weighted by Gasteiger charge is -2.08. The number of hydrogen-bond acceptors (Lipinski definition) is 7. The van der Waals surface area contributed by atoms with Gasteiger partial charge in [0.1, 0.15) is 21.8 Å². The van der Waals surface area contributed by atoms with Crippen LogP contribution in [0.1, 0.15) is 11.1 Å². The highest BCUT2D eigenvalue weighted by Gasteiger charge is 2.22. The molecule has 2 aromatic rings. The van der Waals surface area contributed by atoms with Gasteiger partial charge < -0.3 is 4.74 Å². The van der Waals surface area contributed by atoms with E-state index < -0.39 is 10.1 Å². The van der Waals surface area contributed by atoms with E-state index in [1.54, 1.807) is 11.5 Å². The van der Waals surface area contributed by atoms with Crippen molar-refractivity contribution in [3.8, 4) is 11.8 Å². The van der Waals surface area contributed by atoms with E-state index in [0.29, 0.717) is 21.9 Å². The van der Waals surface area contributed by atoms with Gasteiger partial charge in [-0.3, -0.25) is 4.28 Å². The van der Waals surface area contributed by atoms with Gasteiger partial charge in [0.2, 0.25) is 0 Å². The van der Waals surface area contributed by atoms with Gasteiger partial charge in [0.25, 0.3) is 0 Å². The van der Waals surface area contributed by atoms with Gasteiger partial charge in [0.05, 0.1) is 12.7 Å². The molecule has 1 aliphatic rings. The summed E-state index contributed by atoms with van der Waals surface area (Å²) in [6.07, 6.45) is 1.72. The van der Waals surface area contributed by atoms with E-state index in [4.69, 9.17) is 9.02 Å². The van der Waals surface area contributed by atoms with Gasteiger partial charge in [-0.15, -0.1) is 0 Å². The second kappa shape index (κ2) is 8.33. The monoisotopic (exact) mass is 412 g/mol. The fourth-order valence-corrected chi connectivity index (χ4v) is 4.04. The van der Waals surface area contributed by atoms with Crippen molar-refractivity contribution in [3.05, 3.63) is 76.7 Å². The Labute approximate surface area is 167 Å². The Balaban J connectivity index is 1.93. The summed E-state index contributed by atoms with van der Waals surface area (Å²) in [5, 5.41) is 15.5. The van der Waals surface area contributed by atoms with Crippen molar-refractivity contribution in [2.24, 2.45) is 5.16 Å². The highest BCUT2D eigenvalue weighted by Crippen LogP contribution is 2.32. The largest absolute Gasteiger partial charge is 0.497 e. The van der Waals surface area contributed by atoms with Crippen molar-refractivity contribution in [2.45, 2.75) is 11.8 Å². The van der Waals surface area contributed by atoms with Crippen LogP contribution < -0.4 is 4.74 Å². The van der Waals surface area contributed by atoms with Crippen molar-refractivity contribution >= 4 is 32.5 Å². The summed E-state index contributed by atoms with van der Waals surface area (Å²) in [5.41, 5.74) is 2.62. The zero-order valence-electron chi connectivity index (χ0n) is 15.1. The van der Waals surface area contributed by atoms with Gasteiger partial charge in [0.15, 0.2) is 0 Å². The third kappa shape index (κ3) is 4.11. The number of nitrogens with zero attached hydrogens (tertiary/aromatic N) is 2. The number of rotatable bonds is 5. The Kier molecular flexibility index (Phi) is 5.87. The van der Waals surface area contributed by atoms with Crippen LogP contribution in [0.2, 0.25) is 0 Å². The van der Waals surface area contributed by atoms with Crippen LogP contribution in [0.3, 0.4) is 0 Å². The van der Waals surface area contributed by atoms with Crippen molar-refractivity contribution in [3.63, 3.8) is 0 Å². The number of allylic oxidation sites excluding steroid dienone is 2. The summed E-state index contributed by atoms with van der Waals surface area (Å²) in [5.74, 6) is 0.530. The molecule has 0 aliphatic carbocycles. The van der Waals surface area contributed by atoms with E-state index in [-0.39, 0.29) is 4.90 Å². The second-order valence-corrected chi connectivity index (χ2v) is 8.16. The Bertz CT molecular complexity index is 1130. The molecule has 2 aromatic carbocycles. The zero-order chi connectivity index (χ0) is 20.1. The molecule has 0 radical (unpaired) electrons. The molecule has 0 N–H and O–H groups in total. The minimum absolute atomic E-state index is 0.0430. The van der Waals surface area contributed by atoms with Gasteiger partial charge in [-0.05, 0) is 53.8 Å². The minimum Gasteiger partial charge on any atom is -0.497 e. The SMILES string of the molecule is COc1ccc(S(=O)(=O)O/N=C2\SC=C\C2=C(\C#N)c2ccccc2C)cc1. The van der Waals surface area contributed by atoms with Gasteiger partial charge in [-0.1, -0.05) is 41.2 Å². The van der Waals surface area contributed by atoms with Crippen molar-refractivity contribution < 1.29 is 17.4 Å². The highest BCUT2D eigenvalue weighted by atomic mass is 32.2. The number of hydrogen-bond donors (Lipinski definition) is 0. The van der Waals surface area contributed by atoms with Crippen LogP contribution in [0.15, 0.2) is 75.6 Å². The molecule has 0 fully saturated rings. The zero-order valence-corrected chi connectivity index (χ0v) is 16.8. The molecule has 28 heavy (non-hydrogen) atoms. The average Bonchev–Trinajstić information content (AvgIpc) is 3.17. The van der Waals surface area contributed by atoms with E-state index in [9.17, 15) is 13.7 Å². The first kappa shape index (κ1) is 19.7. The molecule has 142 valence electrons. The van der Waals surface area contributed by atoms with E-state index in [2.05, 4.69) is 11.2 Å². The lowest BCUT2D eigenvalue weighted by atomic mass is 9.97. The number of methoxy groups -OCH3 is 1. The number of aryl methyl sites for hydroxylation is 1. The molecule has 0 saturated carbocycles. The lowest BCUT2D eigenvalue weighted by Crippen LogP contribution is -2.05. The van der Waals surface area contributed by atoms with Crippen LogP contribution in [0.5, 0.6) is 5.75 Å². The first-order valence-corrected chi connectivity index (χ1v) is 10.4. The molecular weight excluding hydrogens is 396 g/mol.